The van der Waals surface area contributed by atoms with Crippen LogP contribution in [0.3, 0.4) is 0 Å². The van der Waals surface area contributed by atoms with Gasteiger partial charge in [0.05, 0.1) is 0 Å². The van der Waals surface area contributed by atoms with Crippen LogP contribution in [-0.2, 0) is 0 Å². The van der Waals surface area contributed by atoms with Crippen molar-refractivity contribution in [3.05, 3.63) is 24.8 Å². The summed E-state index contributed by atoms with van der Waals surface area (Å²) in [6.45, 7) is 10.6. The fourth-order valence-corrected chi connectivity index (χ4v) is 3.86. The summed E-state index contributed by atoms with van der Waals surface area (Å²) in [5, 5.41) is 2.28. The van der Waals surface area contributed by atoms with Gasteiger partial charge < -0.3 is 0 Å². The number of hydrogen-bond acceptors (Lipinski definition) is 0. The van der Waals surface area contributed by atoms with E-state index in [0.29, 0.717) is 5.41 Å². The highest BCUT2D eigenvalue weighted by molar-refractivity contribution is 9.09. The van der Waals surface area contributed by atoms with Gasteiger partial charge in [0, 0.05) is 10.7 Å². The molecule has 0 aromatic carbocycles. The number of unbranched alkanes of at least 4 members (excludes halogenated alkanes) is 6. The molecular weight excluding hydrogens is 388 g/mol. The summed E-state index contributed by atoms with van der Waals surface area (Å²) in [6.07, 6.45) is 16.4. The Hall–Kier alpha value is 0.440. The van der Waals surface area contributed by atoms with E-state index < -0.39 is 0 Å². The maximum atomic E-state index is 4.31. The van der Waals surface area contributed by atoms with Crippen molar-refractivity contribution < 1.29 is 0 Å². The first-order valence-corrected chi connectivity index (χ1v) is 10.8. The molecule has 0 aliphatic carbocycles. The molecule has 0 aliphatic heterocycles. The van der Waals surface area contributed by atoms with E-state index in [9.17, 15) is 0 Å². The highest BCUT2D eigenvalue weighted by Crippen LogP contribution is 2.41. The summed E-state index contributed by atoms with van der Waals surface area (Å²) in [7, 11) is 0. The van der Waals surface area contributed by atoms with Crippen LogP contribution < -0.4 is 0 Å². The Kier molecular flexibility index (Phi) is 14.4. The molecule has 0 atom stereocenters. The third kappa shape index (κ3) is 9.23. The lowest BCUT2D eigenvalue weighted by Crippen LogP contribution is -2.21. The minimum absolute atomic E-state index is 0.310. The average molecular weight is 422 g/mol. The lowest BCUT2D eigenvalue weighted by atomic mass is 9.70. The van der Waals surface area contributed by atoms with Gasteiger partial charge in [0.2, 0.25) is 0 Å². The summed E-state index contributed by atoms with van der Waals surface area (Å²) in [4.78, 5) is 0. The Morgan fingerprint density at radius 3 is 1.62 bits per heavy atom. The van der Waals surface area contributed by atoms with Gasteiger partial charge in [0.15, 0.2) is 0 Å². The molecule has 0 saturated carbocycles. The summed E-state index contributed by atoms with van der Waals surface area (Å²) < 4.78 is 0. The Balaban J connectivity index is 4.32. The van der Waals surface area contributed by atoms with Crippen LogP contribution in [-0.4, -0.2) is 10.7 Å². The van der Waals surface area contributed by atoms with E-state index in [0.717, 1.165) is 10.7 Å². The third-order valence-corrected chi connectivity index (χ3v) is 5.80. The normalized spacial score (nSPS) is 11.6. The molecule has 0 aliphatic rings. The first kappa shape index (κ1) is 21.4. The van der Waals surface area contributed by atoms with E-state index in [2.05, 4.69) is 51.9 Å². The van der Waals surface area contributed by atoms with Crippen LogP contribution >= 0.6 is 31.9 Å². The first-order chi connectivity index (χ1) is 10.2. The van der Waals surface area contributed by atoms with Crippen LogP contribution in [0.4, 0.5) is 0 Å². The van der Waals surface area contributed by atoms with Crippen molar-refractivity contribution in [2.75, 3.05) is 10.7 Å². The topological polar surface area (TPSA) is 0 Å². The second-order valence-electron chi connectivity index (χ2n) is 6.07. The second kappa shape index (κ2) is 14.1. The third-order valence-electron chi connectivity index (χ3n) is 4.68. The number of rotatable bonds is 15. The van der Waals surface area contributed by atoms with Gasteiger partial charge in [-0.2, -0.15) is 0 Å². The summed E-state index contributed by atoms with van der Waals surface area (Å²) >= 11 is 7.03. The molecule has 0 unspecified atom stereocenters. The summed E-state index contributed by atoms with van der Waals surface area (Å²) in [6, 6.07) is 0. The smallest absolute Gasteiger partial charge is 0.00313 e. The zero-order valence-corrected chi connectivity index (χ0v) is 17.1. The molecule has 0 fully saturated rings. The molecule has 0 saturated heterocycles. The van der Waals surface area contributed by atoms with Gasteiger partial charge in [0.1, 0.15) is 0 Å². The predicted molar refractivity (Wildman–Crippen MR) is 106 cm³/mol. The zero-order valence-electron chi connectivity index (χ0n) is 13.9. The molecule has 0 rings (SSSR count). The van der Waals surface area contributed by atoms with E-state index in [1.54, 1.807) is 0 Å². The molecule has 0 nitrogen and oxygen atoms in total. The fraction of sp³-hybridized carbons (Fsp3) is 0.789. The lowest BCUT2D eigenvalue weighted by molar-refractivity contribution is 0.273. The summed E-state index contributed by atoms with van der Waals surface area (Å²) in [5.41, 5.74) is 1.58. The molecule has 21 heavy (non-hydrogen) atoms. The Morgan fingerprint density at radius 2 is 1.29 bits per heavy atom. The van der Waals surface area contributed by atoms with Gasteiger partial charge in [0.25, 0.3) is 0 Å². The van der Waals surface area contributed by atoms with E-state index in [4.69, 9.17) is 0 Å². The molecule has 2 heteroatoms. The van der Waals surface area contributed by atoms with Crippen LogP contribution in [0.15, 0.2) is 24.8 Å². The quantitative estimate of drug-likeness (QED) is 0.143. The number of alkyl halides is 2. The highest BCUT2D eigenvalue weighted by atomic mass is 79.9. The molecule has 0 N–H and O–H groups in total. The standard InChI is InChI=1S/C19H34Br2/c1-4-18(3)19(5-2,14-10-6-8-12-16-20)15-11-7-9-13-17-21/h4H,1,3,5-17H2,2H3. The molecule has 0 amide bonds. The predicted octanol–water partition coefficient (Wildman–Crippen LogP) is 7.82. The van der Waals surface area contributed by atoms with Gasteiger partial charge in [-0.15, -0.1) is 0 Å². The van der Waals surface area contributed by atoms with Crippen molar-refractivity contribution in [1.29, 1.82) is 0 Å². The largest absolute Gasteiger partial charge is 0.0988 e. The van der Waals surface area contributed by atoms with Crippen molar-refractivity contribution >= 4 is 31.9 Å². The number of hydrogen-bond donors (Lipinski definition) is 0. The average Bonchev–Trinajstić information content (AvgIpc) is 2.52. The molecule has 0 heterocycles. The van der Waals surface area contributed by atoms with Crippen molar-refractivity contribution in [2.24, 2.45) is 5.41 Å². The Labute approximate surface area is 150 Å². The SMILES string of the molecule is C=CC(=C)C(CC)(CCCCCCBr)CCCCCCBr. The number of halogens is 2. The van der Waals surface area contributed by atoms with Gasteiger partial charge in [-0.1, -0.05) is 96.5 Å². The monoisotopic (exact) mass is 420 g/mol. The van der Waals surface area contributed by atoms with Crippen molar-refractivity contribution in [3.63, 3.8) is 0 Å². The second-order valence-corrected chi connectivity index (χ2v) is 7.66. The van der Waals surface area contributed by atoms with Gasteiger partial charge in [-0.05, 0) is 43.1 Å². The number of allylic oxidation sites excluding steroid dienone is 2. The van der Waals surface area contributed by atoms with E-state index >= 15 is 0 Å². The molecule has 0 spiro atoms. The van der Waals surface area contributed by atoms with E-state index in [1.165, 1.54) is 76.2 Å². The molecule has 0 aromatic heterocycles. The van der Waals surface area contributed by atoms with Crippen molar-refractivity contribution in [2.45, 2.75) is 77.6 Å². The zero-order chi connectivity index (χ0) is 16.0. The van der Waals surface area contributed by atoms with Gasteiger partial charge >= 0.3 is 0 Å². The maximum Gasteiger partial charge on any atom is 0.00313 e. The van der Waals surface area contributed by atoms with Crippen LogP contribution in [0.5, 0.6) is 0 Å². The van der Waals surface area contributed by atoms with Gasteiger partial charge in [-0.25, -0.2) is 0 Å². The van der Waals surface area contributed by atoms with Crippen LogP contribution in [0, 0.1) is 5.41 Å². The highest BCUT2D eigenvalue weighted by Gasteiger charge is 2.28. The van der Waals surface area contributed by atoms with E-state index in [-0.39, 0.29) is 0 Å². The van der Waals surface area contributed by atoms with Crippen molar-refractivity contribution in [1.82, 2.24) is 0 Å². The Morgan fingerprint density at radius 1 is 0.857 bits per heavy atom. The minimum Gasteiger partial charge on any atom is -0.0988 e. The molecule has 0 radical (unpaired) electrons. The summed E-state index contributed by atoms with van der Waals surface area (Å²) in [5.74, 6) is 0. The molecule has 124 valence electrons. The maximum absolute atomic E-state index is 4.31. The Bertz CT molecular complexity index is 257. The fourth-order valence-electron chi connectivity index (χ4n) is 3.07. The van der Waals surface area contributed by atoms with E-state index in [1.807, 2.05) is 6.08 Å². The van der Waals surface area contributed by atoms with Gasteiger partial charge in [-0.3, -0.25) is 0 Å². The lowest BCUT2D eigenvalue weighted by Gasteiger charge is -2.34. The van der Waals surface area contributed by atoms with Crippen LogP contribution in [0.25, 0.3) is 0 Å². The minimum atomic E-state index is 0.310. The van der Waals surface area contributed by atoms with Crippen LogP contribution in [0.2, 0.25) is 0 Å². The first-order valence-electron chi connectivity index (χ1n) is 8.60. The molecule has 0 aromatic rings. The molecular formula is C19H34Br2. The molecule has 0 bridgehead atoms. The van der Waals surface area contributed by atoms with Crippen molar-refractivity contribution in [3.8, 4) is 0 Å². The van der Waals surface area contributed by atoms with Crippen LogP contribution in [0.1, 0.15) is 77.6 Å².